The lowest BCUT2D eigenvalue weighted by Gasteiger charge is -2.28. The van der Waals surface area contributed by atoms with Gasteiger partial charge in [-0.15, -0.1) is 0 Å². The number of hydrogen-bond acceptors (Lipinski definition) is 1. The predicted molar refractivity (Wildman–Crippen MR) is 87.7 cm³/mol. The van der Waals surface area contributed by atoms with Gasteiger partial charge in [-0.05, 0) is 78.1 Å². The first-order valence-electron chi connectivity index (χ1n) is 7.30. The third-order valence-corrected chi connectivity index (χ3v) is 6.15. The Bertz CT molecular complexity index is 531. The fourth-order valence-electron chi connectivity index (χ4n) is 3.97. The monoisotopic (exact) mass is 399 g/mol. The van der Waals surface area contributed by atoms with Gasteiger partial charge in [0.15, 0.2) is 0 Å². The average Bonchev–Trinajstić information content (AvgIpc) is 3.03. The maximum absolute atomic E-state index is 12.4. The predicted octanol–water partition coefficient (Wildman–Crippen LogP) is 4.77. The van der Waals surface area contributed by atoms with Crippen molar-refractivity contribution < 1.29 is 4.79 Å². The van der Waals surface area contributed by atoms with Crippen LogP contribution in [-0.2, 0) is 0 Å². The first kappa shape index (κ1) is 14.6. The largest absolute Gasteiger partial charge is 0.349 e. The molecular formula is C16H19Br2NO. The van der Waals surface area contributed by atoms with Crippen molar-refractivity contribution in [3.05, 3.63) is 32.7 Å². The summed E-state index contributed by atoms with van der Waals surface area (Å²) in [6.07, 6.45) is 5.44. The van der Waals surface area contributed by atoms with Crippen molar-refractivity contribution in [1.82, 2.24) is 5.32 Å². The molecule has 2 bridgehead atoms. The third kappa shape index (κ3) is 2.82. The highest BCUT2D eigenvalue weighted by molar-refractivity contribution is 9.11. The molecule has 2 nitrogen and oxygen atoms in total. The smallest absolute Gasteiger partial charge is 0.252 e. The van der Waals surface area contributed by atoms with Crippen molar-refractivity contribution in [2.45, 2.75) is 38.6 Å². The number of fused-ring (bicyclic) bond motifs is 2. The normalized spacial score (nSPS) is 29.4. The Morgan fingerprint density at radius 3 is 2.75 bits per heavy atom. The molecule has 2 aliphatic carbocycles. The Morgan fingerprint density at radius 2 is 2.10 bits per heavy atom. The second kappa shape index (κ2) is 5.80. The summed E-state index contributed by atoms with van der Waals surface area (Å²) in [5, 5.41) is 3.20. The Balaban J connectivity index is 1.68. The van der Waals surface area contributed by atoms with Gasteiger partial charge >= 0.3 is 0 Å². The van der Waals surface area contributed by atoms with Gasteiger partial charge in [-0.2, -0.15) is 0 Å². The number of benzene rings is 1. The van der Waals surface area contributed by atoms with Crippen LogP contribution in [0, 0.1) is 17.8 Å². The van der Waals surface area contributed by atoms with Gasteiger partial charge in [0, 0.05) is 15.0 Å². The zero-order valence-electron chi connectivity index (χ0n) is 11.5. The maximum atomic E-state index is 12.4. The van der Waals surface area contributed by atoms with E-state index in [0.29, 0.717) is 11.5 Å². The van der Waals surface area contributed by atoms with Crippen LogP contribution in [0.5, 0.6) is 0 Å². The highest BCUT2D eigenvalue weighted by atomic mass is 79.9. The van der Waals surface area contributed by atoms with E-state index in [1.807, 2.05) is 18.2 Å². The van der Waals surface area contributed by atoms with Gasteiger partial charge in [0.1, 0.15) is 0 Å². The number of amides is 1. The van der Waals surface area contributed by atoms with Gasteiger partial charge in [0.2, 0.25) is 0 Å². The minimum Gasteiger partial charge on any atom is -0.349 e. The second-order valence-corrected chi connectivity index (χ2v) is 8.00. The first-order valence-corrected chi connectivity index (χ1v) is 8.89. The first-order chi connectivity index (χ1) is 9.54. The molecule has 108 valence electrons. The van der Waals surface area contributed by atoms with E-state index in [-0.39, 0.29) is 11.9 Å². The summed E-state index contributed by atoms with van der Waals surface area (Å²) in [5.41, 5.74) is 0.703. The van der Waals surface area contributed by atoms with Crippen LogP contribution in [0.15, 0.2) is 27.1 Å². The molecule has 2 fully saturated rings. The van der Waals surface area contributed by atoms with E-state index in [4.69, 9.17) is 0 Å². The van der Waals surface area contributed by atoms with Gasteiger partial charge in [-0.25, -0.2) is 0 Å². The zero-order valence-corrected chi connectivity index (χ0v) is 14.7. The van der Waals surface area contributed by atoms with E-state index >= 15 is 0 Å². The molecule has 2 saturated carbocycles. The third-order valence-electron chi connectivity index (χ3n) is 4.97. The van der Waals surface area contributed by atoms with E-state index in [1.165, 1.54) is 25.7 Å². The Morgan fingerprint density at radius 1 is 1.30 bits per heavy atom. The molecule has 0 aromatic heterocycles. The highest BCUT2D eigenvalue weighted by Crippen LogP contribution is 2.49. The summed E-state index contributed by atoms with van der Waals surface area (Å²) in [7, 11) is 0. The molecule has 3 rings (SSSR count). The van der Waals surface area contributed by atoms with Crippen LogP contribution < -0.4 is 5.32 Å². The average molecular weight is 401 g/mol. The SMILES string of the molecule is CC(NC(=O)c1cc(Br)ccc1Br)C1CC2CCC1C2. The minimum absolute atomic E-state index is 0.0217. The van der Waals surface area contributed by atoms with Crippen LogP contribution in [0.2, 0.25) is 0 Å². The van der Waals surface area contributed by atoms with Crippen LogP contribution in [0.3, 0.4) is 0 Å². The van der Waals surface area contributed by atoms with Gasteiger partial charge in [-0.3, -0.25) is 4.79 Å². The number of nitrogens with one attached hydrogen (secondary N) is 1. The Hall–Kier alpha value is -0.350. The van der Waals surface area contributed by atoms with Gasteiger partial charge in [-0.1, -0.05) is 22.4 Å². The maximum Gasteiger partial charge on any atom is 0.252 e. The van der Waals surface area contributed by atoms with E-state index in [9.17, 15) is 4.79 Å². The van der Waals surface area contributed by atoms with Crippen molar-refractivity contribution in [2.75, 3.05) is 0 Å². The van der Waals surface area contributed by atoms with Crippen molar-refractivity contribution in [3.8, 4) is 0 Å². The molecule has 20 heavy (non-hydrogen) atoms. The van der Waals surface area contributed by atoms with Crippen LogP contribution in [0.25, 0.3) is 0 Å². The highest BCUT2D eigenvalue weighted by Gasteiger charge is 2.42. The standard InChI is InChI=1S/C16H19Br2NO/c1-9(13-7-10-2-3-11(13)6-10)19-16(20)14-8-12(17)4-5-15(14)18/h4-5,8-11,13H,2-3,6-7H2,1H3,(H,19,20). The van der Waals surface area contributed by atoms with Crippen LogP contribution in [0.4, 0.5) is 0 Å². The quantitative estimate of drug-likeness (QED) is 0.777. The number of rotatable bonds is 3. The molecule has 1 aromatic carbocycles. The Labute approximate surface area is 137 Å². The molecule has 1 N–H and O–H groups in total. The molecule has 4 heteroatoms. The fourth-order valence-corrected chi connectivity index (χ4v) is 4.76. The summed E-state index contributed by atoms with van der Waals surface area (Å²) >= 11 is 6.88. The summed E-state index contributed by atoms with van der Waals surface area (Å²) in [6.45, 7) is 2.16. The van der Waals surface area contributed by atoms with E-state index in [2.05, 4.69) is 44.1 Å². The molecule has 1 aromatic rings. The van der Waals surface area contributed by atoms with Gasteiger partial charge in [0.25, 0.3) is 5.91 Å². The topological polar surface area (TPSA) is 29.1 Å². The van der Waals surface area contributed by atoms with Crippen molar-refractivity contribution in [1.29, 1.82) is 0 Å². The summed E-state index contributed by atoms with van der Waals surface area (Å²) < 4.78 is 1.77. The van der Waals surface area contributed by atoms with Gasteiger partial charge in [0.05, 0.1) is 5.56 Å². The molecule has 0 saturated heterocycles. The molecule has 0 radical (unpaired) electrons. The Kier molecular flexibility index (Phi) is 4.23. The van der Waals surface area contributed by atoms with Crippen molar-refractivity contribution in [2.24, 2.45) is 17.8 Å². The van der Waals surface area contributed by atoms with Gasteiger partial charge < -0.3 is 5.32 Å². The van der Waals surface area contributed by atoms with E-state index in [1.54, 1.807) is 0 Å². The van der Waals surface area contributed by atoms with Crippen LogP contribution in [0.1, 0.15) is 43.0 Å². The number of halogens is 2. The summed E-state index contributed by atoms with van der Waals surface area (Å²) in [6, 6.07) is 5.97. The number of carbonyl (C=O) groups excluding carboxylic acids is 1. The molecule has 4 unspecified atom stereocenters. The van der Waals surface area contributed by atoms with Crippen LogP contribution in [-0.4, -0.2) is 11.9 Å². The van der Waals surface area contributed by atoms with Crippen molar-refractivity contribution in [3.63, 3.8) is 0 Å². The van der Waals surface area contributed by atoms with E-state index in [0.717, 1.165) is 20.8 Å². The lowest BCUT2D eigenvalue weighted by atomic mass is 9.84. The number of hydrogen-bond donors (Lipinski definition) is 1. The molecule has 0 spiro atoms. The lowest BCUT2D eigenvalue weighted by Crippen LogP contribution is -2.40. The number of carbonyl (C=O) groups is 1. The molecular weight excluding hydrogens is 382 g/mol. The molecule has 4 atom stereocenters. The van der Waals surface area contributed by atoms with Crippen molar-refractivity contribution >= 4 is 37.8 Å². The molecule has 0 aliphatic heterocycles. The molecule has 0 heterocycles. The molecule has 2 aliphatic rings. The molecule has 1 amide bonds. The zero-order chi connectivity index (χ0) is 14.3. The lowest BCUT2D eigenvalue weighted by molar-refractivity contribution is 0.0914. The van der Waals surface area contributed by atoms with E-state index < -0.39 is 0 Å². The summed E-state index contributed by atoms with van der Waals surface area (Å²) in [4.78, 5) is 12.4. The van der Waals surface area contributed by atoms with Crippen LogP contribution >= 0.6 is 31.9 Å². The second-order valence-electron chi connectivity index (χ2n) is 6.23. The summed E-state index contributed by atoms with van der Waals surface area (Å²) in [5.74, 6) is 2.44. The fraction of sp³-hybridized carbons (Fsp3) is 0.562. The minimum atomic E-state index is 0.0217.